The summed E-state index contributed by atoms with van der Waals surface area (Å²) in [7, 11) is 0. The molecule has 0 aromatic carbocycles. The van der Waals surface area contributed by atoms with Crippen LogP contribution in [0, 0.1) is 0 Å². The van der Waals surface area contributed by atoms with Gasteiger partial charge in [0, 0.05) is 6.54 Å². The van der Waals surface area contributed by atoms with E-state index < -0.39 is 0 Å². The van der Waals surface area contributed by atoms with Crippen molar-refractivity contribution in [3.05, 3.63) is 0 Å². The Morgan fingerprint density at radius 1 is 1.29 bits per heavy atom. The summed E-state index contributed by atoms with van der Waals surface area (Å²) in [6.07, 6.45) is 5.92. The molecule has 3 N–H and O–H groups in total. The first-order chi connectivity index (χ1) is 6.68. The summed E-state index contributed by atoms with van der Waals surface area (Å²) >= 11 is 0. The first-order valence-corrected chi connectivity index (χ1v) is 5.63. The summed E-state index contributed by atoms with van der Waals surface area (Å²) in [6, 6.07) is 0. The van der Waals surface area contributed by atoms with Crippen LogP contribution in [0.15, 0.2) is 0 Å². The molecule has 0 fully saturated rings. The van der Waals surface area contributed by atoms with E-state index in [0.29, 0.717) is 13.2 Å². The smallest absolute Gasteiger partial charge is 0.0777 e. The molecule has 0 aliphatic carbocycles. The number of unbranched alkanes of at least 4 members (excludes halogenated alkanes) is 3. The Balaban J connectivity index is 3.63. The molecule has 86 valence electrons. The first kappa shape index (κ1) is 13.9. The predicted molar refractivity (Wildman–Crippen MR) is 59.3 cm³/mol. The summed E-state index contributed by atoms with van der Waals surface area (Å²) in [5.74, 6) is 0. The lowest BCUT2D eigenvalue weighted by Crippen LogP contribution is -2.38. The van der Waals surface area contributed by atoms with Gasteiger partial charge in [-0.15, -0.1) is 0 Å². The third-order valence-electron chi connectivity index (χ3n) is 2.53. The highest BCUT2D eigenvalue weighted by atomic mass is 16.5. The lowest BCUT2D eigenvalue weighted by atomic mass is 9.98. The molecule has 0 aromatic heterocycles. The van der Waals surface area contributed by atoms with E-state index in [4.69, 9.17) is 15.6 Å². The third kappa shape index (κ3) is 6.35. The fourth-order valence-electron chi connectivity index (χ4n) is 1.45. The van der Waals surface area contributed by atoms with Crippen LogP contribution >= 0.6 is 0 Å². The van der Waals surface area contributed by atoms with Gasteiger partial charge in [-0.2, -0.15) is 0 Å². The molecular weight excluding hydrogens is 178 g/mol. The summed E-state index contributed by atoms with van der Waals surface area (Å²) in [5, 5.41) is 8.67. The molecule has 0 spiro atoms. The second-order valence-corrected chi connectivity index (χ2v) is 4.04. The Morgan fingerprint density at radius 2 is 2.00 bits per heavy atom. The maximum Gasteiger partial charge on any atom is 0.0777 e. The molecule has 0 aliphatic rings. The van der Waals surface area contributed by atoms with Crippen LogP contribution in [0.4, 0.5) is 0 Å². The minimum Gasteiger partial charge on any atom is -0.394 e. The lowest BCUT2D eigenvalue weighted by molar-refractivity contribution is -0.0458. The highest BCUT2D eigenvalue weighted by Gasteiger charge is 2.21. The van der Waals surface area contributed by atoms with Crippen molar-refractivity contribution in [3.8, 4) is 0 Å². The van der Waals surface area contributed by atoms with Gasteiger partial charge < -0.3 is 15.6 Å². The molecule has 0 aromatic rings. The molecule has 3 heteroatoms. The Kier molecular flexibility index (Phi) is 8.14. The molecule has 0 amide bonds. The number of aliphatic hydroxyl groups is 1. The van der Waals surface area contributed by atoms with E-state index in [1.165, 1.54) is 19.3 Å². The van der Waals surface area contributed by atoms with Crippen LogP contribution in [0.3, 0.4) is 0 Å². The van der Waals surface area contributed by atoms with Gasteiger partial charge in [0.2, 0.25) is 0 Å². The second kappa shape index (κ2) is 8.21. The van der Waals surface area contributed by atoms with Gasteiger partial charge >= 0.3 is 0 Å². The van der Waals surface area contributed by atoms with Gasteiger partial charge in [-0.25, -0.2) is 0 Å². The van der Waals surface area contributed by atoms with Crippen LogP contribution in [-0.4, -0.2) is 30.5 Å². The molecule has 0 heterocycles. The van der Waals surface area contributed by atoms with E-state index in [0.717, 1.165) is 12.8 Å². The van der Waals surface area contributed by atoms with E-state index in [2.05, 4.69) is 6.92 Å². The Hall–Kier alpha value is -0.120. The van der Waals surface area contributed by atoms with Gasteiger partial charge in [-0.3, -0.25) is 0 Å². The van der Waals surface area contributed by atoms with Crippen molar-refractivity contribution in [1.82, 2.24) is 0 Å². The zero-order chi connectivity index (χ0) is 10.9. The Morgan fingerprint density at radius 3 is 2.50 bits per heavy atom. The van der Waals surface area contributed by atoms with E-state index >= 15 is 0 Å². The molecule has 0 aliphatic heterocycles. The topological polar surface area (TPSA) is 55.5 Å². The quantitative estimate of drug-likeness (QED) is 0.561. The van der Waals surface area contributed by atoms with Crippen LogP contribution in [-0.2, 0) is 4.74 Å². The highest BCUT2D eigenvalue weighted by Crippen LogP contribution is 2.18. The molecule has 0 bridgehead atoms. The summed E-state index contributed by atoms with van der Waals surface area (Å²) in [5.41, 5.74) is 5.42. The fourth-order valence-corrected chi connectivity index (χ4v) is 1.45. The minimum absolute atomic E-state index is 0.0740. The Bertz CT molecular complexity index is 130. The van der Waals surface area contributed by atoms with Gasteiger partial charge in [0.1, 0.15) is 0 Å². The number of aliphatic hydroxyl groups excluding tert-OH is 1. The molecule has 0 radical (unpaired) electrons. The van der Waals surface area contributed by atoms with Crippen LogP contribution < -0.4 is 5.73 Å². The average molecular weight is 203 g/mol. The number of nitrogens with two attached hydrogens (primary N) is 1. The summed E-state index contributed by atoms with van der Waals surface area (Å²) in [6.45, 7) is 5.21. The normalized spacial score (nSPS) is 15.4. The summed E-state index contributed by atoms with van der Waals surface area (Å²) < 4.78 is 5.53. The van der Waals surface area contributed by atoms with E-state index in [1.807, 2.05) is 6.92 Å². The van der Waals surface area contributed by atoms with Crippen LogP contribution in [0.1, 0.15) is 46.0 Å². The van der Waals surface area contributed by atoms with Crippen molar-refractivity contribution in [3.63, 3.8) is 0 Å². The third-order valence-corrected chi connectivity index (χ3v) is 2.53. The number of ether oxygens (including phenoxy) is 1. The highest BCUT2D eigenvalue weighted by molar-refractivity contribution is 4.76. The van der Waals surface area contributed by atoms with Crippen molar-refractivity contribution < 1.29 is 9.84 Å². The molecule has 0 saturated heterocycles. The Labute approximate surface area is 87.6 Å². The summed E-state index contributed by atoms with van der Waals surface area (Å²) in [4.78, 5) is 0. The molecular formula is C11H25NO2. The van der Waals surface area contributed by atoms with Crippen LogP contribution in [0.25, 0.3) is 0 Å². The van der Waals surface area contributed by atoms with Crippen LogP contribution in [0.5, 0.6) is 0 Å². The van der Waals surface area contributed by atoms with Crippen LogP contribution in [0.2, 0.25) is 0 Å². The number of hydrogen-bond acceptors (Lipinski definition) is 3. The van der Waals surface area contributed by atoms with Crippen molar-refractivity contribution in [2.75, 3.05) is 19.8 Å². The van der Waals surface area contributed by atoms with Gasteiger partial charge in [0.15, 0.2) is 0 Å². The van der Waals surface area contributed by atoms with Gasteiger partial charge in [0.25, 0.3) is 0 Å². The molecule has 1 unspecified atom stereocenters. The molecule has 0 saturated carbocycles. The van der Waals surface area contributed by atoms with E-state index in [9.17, 15) is 0 Å². The molecule has 14 heavy (non-hydrogen) atoms. The van der Waals surface area contributed by atoms with E-state index in [-0.39, 0.29) is 12.2 Å². The fraction of sp³-hybridized carbons (Fsp3) is 1.00. The molecule has 0 rings (SSSR count). The monoisotopic (exact) mass is 203 g/mol. The van der Waals surface area contributed by atoms with Crippen molar-refractivity contribution in [2.45, 2.75) is 51.6 Å². The van der Waals surface area contributed by atoms with Crippen molar-refractivity contribution in [2.24, 2.45) is 5.73 Å². The maximum atomic E-state index is 8.67. The largest absolute Gasteiger partial charge is 0.394 e. The van der Waals surface area contributed by atoms with Crippen molar-refractivity contribution >= 4 is 0 Å². The first-order valence-electron chi connectivity index (χ1n) is 5.63. The number of rotatable bonds is 9. The zero-order valence-electron chi connectivity index (χ0n) is 9.59. The lowest BCUT2D eigenvalue weighted by Gasteiger charge is -2.28. The zero-order valence-corrected chi connectivity index (χ0v) is 9.59. The second-order valence-electron chi connectivity index (χ2n) is 4.04. The van der Waals surface area contributed by atoms with Gasteiger partial charge in [-0.05, 0) is 13.3 Å². The van der Waals surface area contributed by atoms with Crippen molar-refractivity contribution in [1.29, 1.82) is 0 Å². The maximum absolute atomic E-state index is 8.67. The molecule has 3 nitrogen and oxygen atoms in total. The molecule has 1 atom stereocenters. The number of hydrogen-bond donors (Lipinski definition) is 2. The standard InChI is InChI=1S/C11H25NO2/c1-3-4-5-6-7-11(2,10-12)14-9-8-13/h13H,3-10,12H2,1-2H3. The van der Waals surface area contributed by atoms with Gasteiger partial charge in [-0.1, -0.05) is 32.6 Å². The van der Waals surface area contributed by atoms with Gasteiger partial charge in [0.05, 0.1) is 18.8 Å². The average Bonchev–Trinajstić information content (AvgIpc) is 2.22. The van der Waals surface area contributed by atoms with E-state index in [1.54, 1.807) is 0 Å². The SMILES string of the molecule is CCCCCCC(C)(CN)OCCO. The predicted octanol–water partition coefficient (Wildman–Crippen LogP) is 1.68. The minimum atomic E-state index is -0.240.